The minimum atomic E-state index is -0.915. The van der Waals surface area contributed by atoms with Crippen molar-refractivity contribution >= 4 is 17.8 Å². The molecular weight excluding hydrogens is 370 g/mol. The number of imide groups is 1. The summed E-state index contributed by atoms with van der Waals surface area (Å²) in [5.41, 5.74) is 1.15. The number of carbonyl (C=O) groups is 3. The summed E-state index contributed by atoms with van der Waals surface area (Å²) in [6.45, 7) is 4.70. The molecular formula is C21H23N5O3. The van der Waals surface area contributed by atoms with E-state index in [1.54, 1.807) is 22.8 Å². The summed E-state index contributed by atoms with van der Waals surface area (Å²) >= 11 is 0. The van der Waals surface area contributed by atoms with Crippen LogP contribution in [-0.4, -0.2) is 56.2 Å². The highest BCUT2D eigenvalue weighted by atomic mass is 16.2. The molecule has 8 heteroatoms. The summed E-state index contributed by atoms with van der Waals surface area (Å²) in [5.74, 6) is 0.101. The fraction of sp³-hybridized carbons (Fsp3) is 0.381. The molecule has 2 aliphatic rings. The summed E-state index contributed by atoms with van der Waals surface area (Å²) in [6, 6.07) is 10.9. The maximum Gasteiger partial charge on any atom is 0.325 e. The largest absolute Gasteiger partial charge is 0.337 e. The van der Waals surface area contributed by atoms with Crippen molar-refractivity contribution in [3.05, 3.63) is 59.2 Å². The van der Waals surface area contributed by atoms with Gasteiger partial charge in [-0.05, 0) is 38.3 Å². The molecule has 29 heavy (non-hydrogen) atoms. The number of likely N-dealkylation sites (tertiary alicyclic amines) is 1. The first kappa shape index (κ1) is 19.0. The maximum atomic E-state index is 12.9. The average molecular weight is 393 g/mol. The first-order valence-corrected chi connectivity index (χ1v) is 9.67. The third-order valence-corrected chi connectivity index (χ3v) is 5.65. The zero-order valence-electron chi connectivity index (χ0n) is 16.5. The molecule has 3 heterocycles. The Bertz CT molecular complexity index is 947. The normalized spacial score (nSPS) is 18.3. The van der Waals surface area contributed by atoms with Crippen LogP contribution in [0.15, 0.2) is 36.4 Å². The van der Waals surface area contributed by atoms with Crippen LogP contribution in [0.1, 0.15) is 40.4 Å². The zero-order chi connectivity index (χ0) is 20.6. The number of carbonyl (C=O) groups excluding carboxylic acids is 3. The Kier molecular flexibility index (Phi) is 4.77. The van der Waals surface area contributed by atoms with Gasteiger partial charge in [-0.1, -0.05) is 30.3 Å². The van der Waals surface area contributed by atoms with Crippen LogP contribution in [0.4, 0.5) is 4.79 Å². The Labute approximate surface area is 168 Å². The standard InChI is InChI=1S/C21H23N5O3/c1-14-12-17(23-15(2)22-14)18(27)25-10-8-21(9-11-25)19(28)24-20(29)26(21)13-16-6-4-3-5-7-16/h3-7,12H,8-11,13H2,1-2H3,(H,24,28,29). The van der Waals surface area contributed by atoms with Crippen LogP contribution in [0.3, 0.4) is 0 Å². The van der Waals surface area contributed by atoms with E-state index in [9.17, 15) is 14.4 Å². The van der Waals surface area contributed by atoms with E-state index in [0.29, 0.717) is 44.0 Å². The van der Waals surface area contributed by atoms with Crippen molar-refractivity contribution < 1.29 is 14.4 Å². The number of hydrogen-bond donors (Lipinski definition) is 1. The third kappa shape index (κ3) is 3.46. The van der Waals surface area contributed by atoms with Crippen molar-refractivity contribution in [3.63, 3.8) is 0 Å². The third-order valence-electron chi connectivity index (χ3n) is 5.65. The number of aryl methyl sites for hydroxylation is 2. The number of amides is 4. The van der Waals surface area contributed by atoms with Crippen molar-refractivity contribution in [2.75, 3.05) is 13.1 Å². The Morgan fingerprint density at radius 1 is 1.10 bits per heavy atom. The molecule has 1 N–H and O–H groups in total. The van der Waals surface area contributed by atoms with Gasteiger partial charge in [-0.15, -0.1) is 0 Å². The van der Waals surface area contributed by atoms with E-state index >= 15 is 0 Å². The van der Waals surface area contributed by atoms with Gasteiger partial charge in [0.1, 0.15) is 17.1 Å². The molecule has 0 unspecified atom stereocenters. The summed E-state index contributed by atoms with van der Waals surface area (Å²) in [4.78, 5) is 49.8. The number of nitrogens with zero attached hydrogens (tertiary/aromatic N) is 4. The highest BCUT2D eigenvalue weighted by Crippen LogP contribution is 2.34. The topological polar surface area (TPSA) is 95.5 Å². The summed E-state index contributed by atoms with van der Waals surface area (Å²) < 4.78 is 0. The number of urea groups is 1. The van der Waals surface area contributed by atoms with Gasteiger partial charge in [0, 0.05) is 25.3 Å². The van der Waals surface area contributed by atoms with Gasteiger partial charge in [0.25, 0.3) is 11.8 Å². The Hall–Kier alpha value is -3.29. The van der Waals surface area contributed by atoms with Gasteiger partial charge in [-0.2, -0.15) is 0 Å². The van der Waals surface area contributed by atoms with Gasteiger partial charge in [-0.3, -0.25) is 14.9 Å². The van der Waals surface area contributed by atoms with Crippen LogP contribution in [0.2, 0.25) is 0 Å². The van der Waals surface area contributed by atoms with Gasteiger partial charge >= 0.3 is 6.03 Å². The summed E-state index contributed by atoms with van der Waals surface area (Å²) in [5, 5.41) is 2.46. The Morgan fingerprint density at radius 3 is 2.45 bits per heavy atom. The van der Waals surface area contributed by atoms with Crippen LogP contribution >= 0.6 is 0 Å². The SMILES string of the molecule is Cc1cc(C(=O)N2CCC3(CC2)C(=O)NC(=O)N3Cc2ccccc2)nc(C)n1. The highest BCUT2D eigenvalue weighted by molar-refractivity contribution is 6.07. The molecule has 2 aromatic rings. The number of rotatable bonds is 3. The molecule has 0 atom stereocenters. The van der Waals surface area contributed by atoms with E-state index in [0.717, 1.165) is 11.3 Å². The number of nitrogens with one attached hydrogen (secondary N) is 1. The van der Waals surface area contributed by atoms with Crippen LogP contribution in [0.25, 0.3) is 0 Å². The smallest absolute Gasteiger partial charge is 0.325 e. The molecule has 0 radical (unpaired) electrons. The lowest BCUT2D eigenvalue weighted by Crippen LogP contribution is -2.57. The Morgan fingerprint density at radius 2 is 1.79 bits per heavy atom. The van der Waals surface area contributed by atoms with Crippen LogP contribution in [0, 0.1) is 13.8 Å². The predicted molar refractivity (Wildman–Crippen MR) is 105 cm³/mol. The fourth-order valence-corrected chi connectivity index (χ4v) is 4.15. The molecule has 0 saturated carbocycles. The fourth-order valence-electron chi connectivity index (χ4n) is 4.15. The van der Waals surface area contributed by atoms with Gasteiger partial charge in [-0.25, -0.2) is 14.8 Å². The molecule has 0 aliphatic carbocycles. The van der Waals surface area contributed by atoms with Crippen LogP contribution in [0.5, 0.6) is 0 Å². The second-order valence-corrected chi connectivity index (χ2v) is 7.60. The lowest BCUT2D eigenvalue weighted by Gasteiger charge is -2.42. The lowest BCUT2D eigenvalue weighted by atomic mass is 9.85. The van der Waals surface area contributed by atoms with E-state index in [1.165, 1.54) is 0 Å². The molecule has 2 fully saturated rings. The number of hydrogen-bond acceptors (Lipinski definition) is 5. The molecule has 1 spiro atoms. The minimum Gasteiger partial charge on any atom is -0.337 e. The van der Waals surface area contributed by atoms with Crippen molar-refractivity contribution in [1.82, 2.24) is 25.1 Å². The van der Waals surface area contributed by atoms with Crippen molar-refractivity contribution in [1.29, 1.82) is 0 Å². The highest BCUT2D eigenvalue weighted by Gasteiger charge is 2.54. The number of piperidine rings is 1. The average Bonchev–Trinajstić information content (AvgIpc) is 2.92. The number of benzene rings is 1. The quantitative estimate of drug-likeness (QED) is 0.803. The Balaban J connectivity index is 1.52. The molecule has 1 aromatic carbocycles. The van der Waals surface area contributed by atoms with E-state index in [1.807, 2.05) is 37.3 Å². The molecule has 2 aliphatic heterocycles. The first-order valence-electron chi connectivity index (χ1n) is 9.67. The zero-order valence-corrected chi connectivity index (χ0v) is 16.5. The molecule has 0 bridgehead atoms. The van der Waals surface area contributed by atoms with E-state index in [-0.39, 0.29) is 17.8 Å². The van der Waals surface area contributed by atoms with Crippen molar-refractivity contribution in [3.8, 4) is 0 Å². The number of aromatic nitrogens is 2. The van der Waals surface area contributed by atoms with Crippen molar-refractivity contribution in [2.45, 2.75) is 38.8 Å². The lowest BCUT2D eigenvalue weighted by molar-refractivity contribution is -0.129. The molecule has 4 rings (SSSR count). The molecule has 4 amide bonds. The van der Waals surface area contributed by atoms with Crippen LogP contribution in [-0.2, 0) is 11.3 Å². The second kappa shape index (κ2) is 7.27. The molecule has 150 valence electrons. The second-order valence-electron chi connectivity index (χ2n) is 7.60. The van der Waals surface area contributed by atoms with Gasteiger partial charge in [0.2, 0.25) is 0 Å². The van der Waals surface area contributed by atoms with Crippen molar-refractivity contribution in [2.24, 2.45) is 0 Å². The summed E-state index contributed by atoms with van der Waals surface area (Å²) in [6.07, 6.45) is 0.790. The molecule has 8 nitrogen and oxygen atoms in total. The minimum absolute atomic E-state index is 0.173. The van der Waals surface area contributed by atoms with E-state index in [2.05, 4.69) is 15.3 Å². The molecule has 2 saturated heterocycles. The first-order chi connectivity index (χ1) is 13.9. The van der Waals surface area contributed by atoms with E-state index < -0.39 is 5.54 Å². The van der Waals surface area contributed by atoms with Crippen LogP contribution < -0.4 is 5.32 Å². The maximum absolute atomic E-state index is 12.9. The molecule has 1 aromatic heterocycles. The van der Waals surface area contributed by atoms with Gasteiger partial charge < -0.3 is 9.80 Å². The van der Waals surface area contributed by atoms with Gasteiger partial charge in [0.05, 0.1) is 0 Å². The summed E-state index contributed by atoms with van der Waals surface area (Å²) in [7, 11) is 0. The predicted octanol–water partition coefficient (Wildman–Crippen LogP) is 1.82. The van der Waals surface area contributed by atoms with Gasteiger partial charge in [0.15, 0.2) is 0 Å². The monoisotopic (exact) mass is 393 g/mol. The van der Waals surface area contributed by atoms with E-state index in [4.69, 9.17) is 0 Å².